The fourth-order valence-corrected chi connectivity index (χ4v) is 2.12. The third kappa shape index (κ3) is 3.54. The molecule has 1 atom stereocenters. The highest BCUT2D eigenvalue weighted by molar-refractivity contribution is 7.84. The first-order chi connectivity index (χ1) is 8.65. The molecule has 1 unspecified atom stereocenters. The second-order valence-corrected chi connectivity index (χ2v) is 5.68. The van der Waals surface area contributed by atoms with Gasteiger partial charge in [0, 0.05) is 35.9 Å². The zero-order valence-corrected chi connectivity index (χ0v) is 11.0. The number of carbonyl (C=O) groups is 1. The van der Waals surface area contributed by atoms with Crippen molar-refractivity contribution in [2.75, 3.05) is 30.5 Å². The molecule has 0 saturated heterocycles. The summed E-state index contributed by atoms with van der Waals surface area (Å²) in [5.74, 6) is 1.21. The van der Waals surface area contributed by atoms with Crippen molar-refractivity contribution < 1.29 is 13.7 Å². The lowest BCUT2D eigenvalue weighted by atomic mass is 10.1. The fraction of sp³-hybridized carbons (Fsp3) is 0.417. The lowest BCUT2D eigenvalue weighted by Crippen LogP contribution is -2.25. The van der Waals surface area contributed by atoms with Crippen molar-refractivity contribution in [1.82, 2.24) is 5.32 Å². The molecule has 1 aromatic rings. The van der Waals surface area contributed by atoms with Gasteiger partial charge in [-0.05, 0) is 17.7 Å². The number of ether oxygens (including phenoxy) is 1. The maximum absolute atomic E-state index is 11.2. The van der Waals surface area contributed by atoms with Crippen LogP contribution in [0.2, 0.25) is 0 Å². The first-order valence-corrected chi connectivity index (χ1v) is 7.44. The summed E-state index contributed by atoms with van der Waals surface area (Å²) in [4.78, 5) is 11.2. The minimum absolute atomic E-state index is 0.0763. The van der Waals surface area contributed by atoms with Crippen molar-refractivity contribution in [2.24, 2.45) is 0 Å². The third-order valence-corrected chi connectivity index (χ3v) is 3.35. The van der Waals surface area contributed by atoms with Crippen LogP contribution in [0.1, 0.15) is 5.56 Å². The number of rotatable bonds is 5. The van der Waals surface area contributed by atoms with Gasteiger partial charge >= 0.3 is 0 Å². The first kappa shape index (κ1) is 13.0. The molecule has 0 aliphatic carbocycles. The molecular formula is C12H16N2O3S. The van der Waals surface area contributed by atoms with Crippen LogP contribution >= 0.6 is 0 Å². The Balaban J connectivity index is 1.92. The summed E-state index contributed by atoms with van der Waals surface area (Å²) in [5, 5.41) is 5.97. The van der Waals surface area contributed by atoms with E-state index in [0.717, 1.165) is 5.56 Å². The molecule has 1 aromatic carbocycles. The summed E-state index contributed by atoms with van der Waals surface area (Å²) in [5.41, 5.74) is 1.77. The average molecular weight is 268 g/mol. The van der Waals surface area contributed by atoms with Gasteiger partial charge in [0.25, 0.3) is 5.91 Å². The molecule has 0 spiro atoms. The Morgan fingerprint density at radius 2 is 2.33 bits per heavy atom. The summed E-state index contributed by atoms with van der Waals surface area (Å²) < 4.78 is 16.2. The van der Waals surface area contributed by atoms with Gasteiger partial charge in [-0.1, -0.05) is 6.07 Å². The maximum atomic E-state index is 11.2. The van der Waals surface area contributed by atoms with Crippen LogP contribution in [-0.2, 0) is 22.1 Å². The van der Waals surface area contributed by atoms with E-state index in [2.05, 4.69) is 10.6 Å². The molecule has 6 heteroatoms. The van der Waals surface area contributed by atoms with Crippen molar-refractivity contribution >= 4 is 22.4 Å². The van der Waals surface area contributed by atoms with E-state index in [1.165, 1.54) is 0 Å². The number of nitrogens with one attached hydrogen (secondary N) is 2. The molecule has 0 aromatic heterocycles. The normalized spacial score (nSPS) is 15.5. The van der Waals surface area contributed by atoms with Crippen LogP contribution in [0.15, 0.2) is 18.2 Å². The van der Waals surface area contributed by atoms with Crippen LogP contribution in [0, 0.1) is 0 Å². The van der Waals surface area contributed by atoms with E-state index < -0.39 is 10.8 Å². The van der Waals surface area contributed by atoms with E-state index in [9.17, 15) is 9.00 Å². The Morgan fingerprint density at radius 1 is 1.50 bits per heavy atom. The highest BCUT2D eigenvalue weighted by Crippen LogP contribution is 2.28. The predicted octanol–water partition coefficient (Wildman–Crippen LogP) is 0.486. The Bertz CT molecular complexity index is 476. The van der Waals surface area contributed by atoms with E-state index in [1.54, 1.807) is 6.26 Å². The second kappa shape index (κ2) is 5.97. The zero-order valence-electron chi connectivity index (χ0n) is 10.2. The minimum atomic E-state index is -0.770. The fourth-order valence-electron chi connectivity index (χ4n) is 1.69. The molecule has 0 fully saturated rings. The van der Waals surface area contributed by atoms with Crippen LogP contribution < -0.4 is 15.4 Å². The third-order valence-electron chi connectivity index (χ3n) is 2.57. The molecule has 98 valence electrons. The van der Waals surface area contributed by atoms with E-state index in [4.69, 9.17) is 4.74 Å². The predicted molar refractivity (Wildman–Crippen MR) is 71.2 cm³/mol. The van der Waals surface area contributed by atoms with Crippen LogP contribution in [0.3, 0.4) is 0 Å². The van der Waals surface area contributed by atoms with E-state index in [1.807, 2.05) is 18.2 Å². The van der Waals surface area contributed by atoms with Crippen LogP contribution in [0.4, 0.5) is 5.69 Å². The van der Waals surface area contributed by atoms with Crippen LogP contribution in [0.25, 0.3) is 0 Å². The molecular weight excluding hydrogens is 252 g/mol. The Hall–Kier alpha value is -1.40. The molecule has 18 heavy (non-hydrogen) atoms. The standard InChI is InChI=1S/C12H16N2O3S/c1-18(16)5-4-13-7-9-2-3-11-10(6-9)14-12(15)8-17-11/h2-3,6,13H,4-5,7-8H2,1H3,(H,14,15). The van der Waals surface area contributed by atoms with E-state index in [0.29, 0.717) is 30.3 Å². The monoisotopic (exact) mass is 268 g/mol. The van der Waals surface area contributed by atoms with Crippen LogP contribution in [0.5, 0.6) is 5.75 Å². The summed E-state index contributed by atoms with van der Waals surface area (Å²) in [7, 11) is -0.770. The molecule has 0 saturated carbocycles. The molecule has 0 radical (unpaired) electrons. The topological polar surface area (TPSA) is 67.4 Å². The molecule has 1 heterocycles. The molecule has 2 N–H and O–H groups in total. The summed E-state index contributed by atoms with van der Waals surface area (Å²) in [6, 6.07) is 5.69. The van der Waals surface area contributed by atoms with Gasteiger partial charge in [-0.2, -0.15) is 0 Å². The van der Waals surface area contributed by atoms with Crippen molar-refractivity contribution in [3.05, 3.63) is 23.8 Å². The number of anilines is 1. The number of amides is 1. The summed E-state index contributed by atoms with van der Waals surface area (Å²) in [6.07, 6.45) is 1.69. The number of fused-ring (bicyclic) bond motifs is 1. The van der Waals surface area contributed by atoms with Gasteiger partial charge in [0.2, 0.25) is 0 Å². The molecule has 1 amide bonds. The van der Waals surface area contributed by atoms with Gasteiger partial charge in [-0.3, -0.25) is 9.00 Å². The van der Waals surface area contributed by atoms with E-state index in [-0.39, 0.29) is 12.5 Å². The lowest BCUT2D eigenvalue weighted by molar-refractivity contribution is -0.118. The highest BCUT2D eigenvalue weighted by atomic mass is 32.2. The van der Waals surface area contributed by atoms with Crippen LogP contribution in [-0.4, -0.2) is 35.3 Å². The first-order valence-electron chi connectivity index (χ1n) is 5.71. The highest BCUT2D eigenvalue weighted by Gasteiger charge is 2.15. The maximum Gasteiger partial charge on any atom is 0.262 e. The van der Waals surface area contributed by atoms with Gasteiger partial charge in [-0.25, -0.2) is 0 Å². The van der Waals surface area contributed by atoms with Gasteiger partial charge in [0.15, 0.2) is 6.61 Å². The quantitative estimate of drug-likeness (QED) is 0.763. The number of benzene rings is 1. The minimum Gasteiger partial charge on any atom is -0.482 e. The summed E-state index contributed by atoms with van der Waals surface area (Å²) in [6.45, 7) is 1.47. The number of carbonyl (C=O) groups excluding carboxylic acids is 1. The number of hydrogen-bond acceptors (Lipinski definition) is 4. The number of hydrogen-bond donors (Lipinski definition) is 2. The molecule has 0 bridgehead atoms. The lowest BCUT2D eigenvalue weighted by Gasteiger charge is -2.18. The molecule has 1 aliphatic rings. The Morgan fingerprint density at radius 3 is 3.11 bits per heavy atom. The molecule has 5 nitrogen and oxygen atoms in total. The Labute approximate surface area is 108 Å². The van der Waals surface area contributed by atoms with E-state index >= 15 is 0 Å². The molecule has 1 aliphatic heterocycles. The van der Waals surface area contributed by atoms with Crippen molar-refractivity contribution in [3.8, 4) is 5.75 Å². The van der Waals surface area contributed by atoms with Crippen molar-refractivity contribution in [1.29, 1.82) is 0 Å². The van der Waals surface area contributed by atoms with Gasteiger partial charge in [0.1, 0.15) is 5.75 Å². The van der Waals surface area contributed by atoms with Gasteiger partial charge in [-0.15, -0.1) is 0 Å². The second-order valence-electron chi connectivity index (χ2n) is 4.12. The SMILES string of the molecule is CS(=O)CCNCc1ccc2c(c1)NC(=O)CO2. The van der Waals surface area contributed by atoms with Crippen molar-refractivity contribution in [3.63, 3.8) is 0 Å². The van der Waals surface area contributed by atoms with Gasteiger partial charge < -0.3 is 15.4 Å². The van der Waals surface area contributed by atoms with Crippen molar-refractivity contribution in [2.45, 2.75) is 6.54 Å². The molecule has 2 rings (SSSR count). The van der Waals surface area contributed by atoms with Gasteiger partial charge in [0.05, 0.1) is 5.69 Å². The summed E-state index contributed by atoms with van der Waals surface area (Å²) >= 11 is 0. The smallest absolute Gasteiger partial charge is 0.262 e. The average Bonchev–Trinajstić information content (AvgIpc) is 2.34. The Kier molecular flexibility index (Phi) is 4.33. The largest absolute Gasteiger partial charge is 0.482 e. The zero-order chi connectivity index (χ0) is 13.0.